The maximum Gasteiger partial charge on any atom is 0.416 e. The van der Waals surface area contributed by atoms with Crippen LogP contribution in [-0.2, 0) is 17.4 Å². The Morgan fingerprint density at radius 1 is 1.29 bits per heavy atom. The van der Waals surface area contributed by atoms with Crippen molar-refractivity contribution in [2.75, 3.05) is 13.1 Å². The van der Waals surface area contributed by atoms with Gasteiger partial charge in [0.05, 0.1) is 12.0 Å². The Balaban J connectivity index is 0.00000220. The predicted octanol–water partition coefficient (Wildman–Crippen LogP) is 2.62. The lowest BCUT2D eigenvalue weighted by Gasteiger charge is -2.30. The predicted molar refractivity (Wildman–Crippen MR) is 76.2 cm³/mol. The van der Waals surface area contributed by atoms with E-state index in [4.69, 9.17) is 5.73 Å². The van der Waals surface area contributed by atoms with Gasteiger partial charge in [-0.25, -0.2) is 0 Å². The van der Waals surface area contributed by atoms with Gasteiger partial charge in [0.25, 0.3) is 0 Å². The number of piperidine rings is 1. The van der Waals surface area contributed by atoms with Gasteiger partial charge in [-0.2, -0.15) is 13.2 Å². The Morgan fingerprint density at radius 2 is 1.90 bits per heavy atom. The van der Waals surface area contributed by atoms with E-state index in [1.54, 1.807) is 4.90 Å². The summed E-state index contributed by atoms with van der Waals surface area (Å²) in [6.45, 7) is 1.20. The molecule has 1 fully saturated rings. The van der Waals surface area contributed by atoms with Gasteiger partial charge in [-0.05, 0) is 30.5 Å². The van der Waals surface area contributed by atoms with Crippen LogP contribution in [0.5, 0.6) is 0 Å². The third-order valence-corrected chi connectivity index (χ3v) is 3.45. The molecule has 1 unspecified atom stereocenters. The molecule has 1 amide bonds. The fourth-order valence-corrected chi connectivity index (χ4v) is 2.33. The van der Waals surface area contributed by atoms with Crippen molar-refractivity contribution in [3.8, 4) is 0 Å². The van der Waals surface area contributed by atoms with Crippen molar-refractivity contribution in [1.29, 1.82) is 0 Å². The minimum atomic E-state index is -4.35. The summed E-state index contributed by atoms with van der Waals surface area (Å²) in [6.07, 6.45) is -2.45. The molecule has 21 heavy (non-hydrogen) atoms. The van der Waals surface area contributed by atoms with Gasteiger partial charge in [0.15, 0.2) is 0 Å². The lowest BCUT2D eigenvalue weighted by molar-refractivity contribution is -0.137. The van der Waals surface area contributed by atoms with Crippen LogP contribution in [0.2, 0.25) is 0 Å². The van der Waals surface area contributed by atoms with Gasteiger partial charge < -0.3 is 10.6 Å². The topological polar surface area (TPSA) is 46.3 Å². The van der Waals surface area contributed by atoms with Gasteiger partial charge in [0, 0.05) is 19.1 Å². The van der Waals surface area contributed by atoms with Crippen LogP contribution in [0.1, 0.15) is 24.0 Å². The SMILES string of the molecule is Cl.NC1CCCN(C(=O)Cc2ccc(C(F)(F)F)cc2)C1. The van der Waals surface area contributed by atoms with Crippen molar-refractivity contribution < 1.29 is 18.0 Å². The number of carbonyl (C=O) groups excluding carboxylic acids is 1. The molecule has 1 aromatic carbocycles. The van der Waals surface area contributed by atoms with Crippen molar-refractivity contribution in [2.24, 2.45) is 5.73 Å². The largest absolute Gasteiger partial charge is 0.416 e. The third-order valence-electron chi connectivity index (χ3n) is 3.45. The zero-order valence-corrected chi connectivity index (χ0v) is 12.2. The van der Waals surface area contributed by atoms with Gasteiger partial charge in [-0.3, -0.25) is 4.79 Å². The molecule has 1 aliphatic heterocycles. The zero-order chi connectivity index (χ0) is 14.8. The molecule has 118 valence electrons. The Kier molecular flexibility index (Phi) is 6.04. The molecule has 3 nitrogen and oxygen atoms in total. The normalized spacial score (nSPS) is 19.0. The molecule has 1 heterocycles. The van der Waals surface area contributed by atoms with Crippen LogP contribution in [0, 0.1) is 0 Å². The van der Waals surface area contributed by atoms with E-state index in [1.807, 2.05) is 0 Å². The molecule has 1 atom stereocenters. The maximum absolute atomic E-state index is 12.4. The van der Waals surface area contributed by atoms with E-state index in [9.17, 15) is 18.0 Å². The molecule has 7 heteroatoms. The van der Waals surface area contributed by atoms with Crippen LogP contribution in [0.4, 0.5) is 13.2 Å². The smallest absolute Gasteiger partial charge is 0.341 e. The van der Waals surface area contributed by atoms with Gasteiger partial charge >= 0.3 is 6.18 Å². The van der Waals surface area contributed by atoms with Crippen molar-refractivity contribution in [2.45, 2.75) is 31.5 Å². The first-order chi connectivity index (χ1) is 9.36. The Morgan fingerprint density at radius 3 is 2.43 bits per heavy atom. The van der Waals surface area contributed by atoms with Crippen LogP contribution >= 0.6 is 12.4 Å². The number of rotatable bonds is 2. The first kappa shape index (κ1) is 17.8. The quantitative estimate of drug-likeness (QED) is 0.910. The molecule has 0 saturated carbocycles. The van der Waals surface area contributed by atoms with Crippen LogP contribution in [0.25, 0.3) is 0 Å². The fraction of sp³-hybridized carbons (Fsp3) is 0.500. The maximum atomic E-state index is 12.4. The second-order valence-corrected chi connectivity index (χ2v) is 5.11. The van der Waals surface area contributed by atoms with Crippen LogP contribution in [0.3, 0.4) is 0 Å². The highest BCUT2D eigenvalue weighted by atomic mass is 35.5. The van der Waals surface area contributed by atoms with E-state index >= 15 is 0 Å². The molecule has 0 spiro atoms. The Bertz CT molecular complexity index is 476. The van der Waals surface area contributed by atoms with E-state index < -0.39 is 11.7 Å². The summed E-state index contributed by atoms with van der Waals surface area (Å²) in [7, 11) is 0. The molecule has 0 aliphatic carbocycles. The van der Waals surface area contributed by atoms with Crippen molar-refractivity contribution in [3.63, 3.8) is 0 Å². The summed E-state index contributed by atoms with van der Waals surface area (Å²) in [5.41, 5.74) is 5.69. The second-order valence-electron chi connectivity index (χ2n) is 5.11. The molecule has 2 N–H and O–H groups in total. The van der Waals surface area contributed by atoms with E-state index in [2.05, 4.69) is 0 Å². The van der Waals surface area contributed by atoms with Crippen LogP contribution in [-0.4, -0.2) is 29.9 Å². The third kappa shape index (κ3) is 4.89. The molecule has 2 rings (SSSR count). The average molecular weight is 323 g/mol. The summed E-state index contributed by atoms with van der Waals surface area (Å²) in [4.78, 5) is 13.7. The van der Waals surface area contributed by atoms with E-state index in [1.165, 1.54) is 12.1 Å². The zero-order valence-electron chi connectivity index (χ0n) is 11.4. The first-order valence-electron chi connectivity index (χ1n) is 6.56. The Labute approximate surface area is 127 Å². The molecule has 1 saturated heterocycles. The number of hydrogen-bond acceptors (Lipinski definition) is 2. The van der Waals surface area contributed by atoms with Gasteiger partial charge in [0.2, 0.25) is 5.91 Å². The average Bonchev–Trinajstić information content (AvgIpc) is 2.38. The summed E-state index contributed by atoms with van der Waals surface area (Å²) >= 11 is 0. The molecule has 0 radical (unpaired) electrons. The number of nitrogens with two attached hydrogens (primary N) is 1. The summed E-state index contributed by atoms with van der Waals surface area (Å²) in [5, 5.41) is 0. The monoisotopic (exact) mass is 322 g/mol. The standard InChI is InChI=1S/C14H17F3N2O.ClH/c15-14(16,17)11-5-3-10(4-6-11)8-13(20)19-7-1-2-12(18)9-19;/h3-6,12H,1-2,7-9,18H2;1H. The molecule has 1 aliphatic rings. The van der Waals surface area contributed by atoms with E-state index in [0.717, 1.165) is 25.0 Å². The van der Waals surface area contributed by atoms with Crippen molar-refractivity contribution in [1.82, 2.24) is 4.90 Å². The lowest BCUT2D eigenvalue weighted by Crippen LogP contribution is -2.46. The van der Waals surface area contributed by atoms with Crippen molar-refractivity contribution in [3.05, 3.63) is 35.4 Å². The van der Waals surface area contributed by atoms with Crippen LogP contribution in [0.15, 0.2) is 24.3 Å². The second kappa shape index (κ2) is 7.13. The van der Waals surface area contributed by atoms with Gasteiger partial charge in [-0.15, -0.1) is 12.4 Å². The lowest BCUT2D eigenvalue weighted by atomic mass is 10.0. The number of nitrogens with zero attached hydrogens (tertiary/aromatic N) is 1. The highest BCUT2D eigenvalue weighted by molar-refractivity contribution is 5.85. The van der Waals surface area contributed by atoms with Crippen LogP contribution < -0.4 is 5.73 Å². The number of benzene rings is 1. The first-order valence-corrected chi connectivity index (χ1v) is 6.56. The molecular weight excluding hydrogens is 305 g/mol. The highest BCUT2D eigenvalue weighted by Crippen LogP contribution is 2.29. The Hall–Kier alpha value is -1.27. The number of alkyl halides is 3. The van der Waals surface area contributed by atoms with Gasteiger partial charge in [0.1, 0.15) is 0 Å². The van der Waals surface area contributed by atoms with Gasteiger partial charge in [-0.1, -0.05) is 12.1 Å². The number of carbonyl (C=O) groups is 1. The summed E-state index contributed by atoms with van der Waals surface area (Å²) in [5.74, 6) is -0.0834. The minimum Gasteiger partial charge on any atom is -0.341 e. The minimum absolute atomic E-state index is 0. The summed E-state index contributed by atoms with van der Waals surface area (Å²) < 4.78 is 37.3. The highest BCUT2D eigenvalue weighted by Gasteiger charge is 2.30. The van der Waals surface area contributed by atoms with E-state index in [-0.39, 0.29) is 30.8 Å². The number of hydrogen-bond donors (Lipinski definition) is 1. The van der Waals surface area contributed by atoms with Crippen molar-refractivity contribution >= 4 is 18.3 Å². The molecular formula is C14H18ClF3N2O. The molecule has 1 aromatic rings. The fourth-order valence-electron chi connectivity index (χ4n) is 2.33. The number of amides is 1. The summed E-state index contributed by atoms with van der Waals surface area (Å²) in [6, 6.07) is 4.71. The molecule has 0 aromatic heterocycles. The molecule has 0 bridgehead atoms. The number of likely N-dealkylation sites (tertiary alicyclic amines) is 1. The number of halogens is 4. The van der Waals surface area contributed by atoms with E-state index in [0.29, 0.717) is 18.7 Å².